The second-order valence-electron chi connectivity index (χ2n) is 4.27. The first-order valence-corrected chi connectivity index (χ1v) is 6.81. The van der Waals surface area contributed by atoms with Crippen molar-refractivity contribution in [1.82, 2.24) is 5.43 Å². The van der Waals surface area contributed by atoms with Gasteiger partial charge in [0.25, 0.3) is 5.91 Å². The quantitative estimate of drug-likeness (QED) is 0.515. The van der Waals surface area contributed by atoms with E-state index in [4.69, 9.17) is 5.73 Å². The van der Waals surface area contributed by atoms with Crippen LogP contribution in [0.25, 0.3) is 0 Å². The number of nitrogens with one attached hydrogen (secondary N) is 1. The van der Waals surface area contributed by atoms with Crippen LogP contribution in [-0.2, 0) is 0 Å². The molecule has 0 radical (unpaired) electrons. The molecule has 0 aliphatic heterocycles. The topological polar surface area (TPSA) is 67.5 Å². The molecule has 20 heavy (non-hydrogen) atoms. The van der Waals surface area contributed by atoms with Gasteiger partial charge >= 0.3 is 0 Å². The number of anilines is 1. The summed E-state index contributed by atoms with van der Waals surface area (Å²) in [6.07, 6.45) is 0. The Balaban J connectivity index is 2.06. The van der Waals surface area contributed by atoms with Crippen molar-refractivity contribution in [2.45, 2.75) is 6.92 Å². The number of rotatable bonds is 3. The van der Waals surface area contributed by atoms with E-state index in [1.54, 1.807) is 24.3 Å². The van der Waals surface area contributed by atoms with E-state index in [0.29, 0.717) is 11.3 Å². The highest BCUT2D eigenvalue weighted by atomic mass is 79.9. The number of carbonyl (C=O) groups excluding carboxylic acids is 1. The third kappa shape index (κ3) is 3.68. The van der Waals surface area contributed by atoms with Crippen LogP contribution in [0.3, 0.4) is 0 Å². The van der Waals surface area contributed by atoms with Gasteiger partial charge in [0.2, 0.25) is 0 Å². The molecule has 2 aromatic carbocycles. The Morgan fingerprint density at radius 2 is 1.60 bits per heavy atom. The molecule has 0 atom stereocenters. The summed E-state index contributed by atoms with van der Waals surface area (Å²) in [7, 11) is 0. The maximum atomic E-state index is 11.9. The summed E-state index contributed by atoms with van der Waals surface area (Å²) in [4.78, 5) is 11.9. The summed E-state index contributed by atoms with van der Waals surface area (Å²) in [6.45, 7) is 1.83. The number of nitrogens with zero attached hydrogens (tertiary/aromatic N) is 1. The van der Waals surface area contributed by atoms with Crippen LogP contribution in [0.2, 0.25) is 0 Å². The lowest BCUT2D eigenvalue weighted by Crippen LogP contribution is -2.19. The van der Waals surface area contributed by atoms with Gasteiger partial charge in [0.1, 0.15) is 0 Å². The van der Waals surface area contributed by atoms with Crippen molar-refractivity contribution in [3.8, 4) is 0 Å². The Kier molecular flexibility index (Phi) is 4.53. The number of hydrazone groups is 1. The molecule has 4 nitrogen and oxygen atoms in total. The van der Waals surface area contributed by atoms with Gasteiger partial charge in [0.05, 0.1) is 5.71 Å². The van der Waals surface area contributed by atoms with Crippen molar-refractivity contribution in [3.63, 3.8) is 0 Å². The molecule has 2 aromatic rings. The molecule has 1 amide bonds. The molecule has 0 spiro atoms. The highest BCUT2D eigenvalue weighted by molar-refractivity contribution is 9.10. The fourth-order valence-corrected chi connectivity index (χ4v) is 1.85. The van der Waals surface area contributed by atoms with Crippen LogP contribution in [-0.4, -0.2) is 11.6 Å². The van der Waals surface area contributed by atoms with Gasteiger partial charge in [-0.1, -0.05) is 28.1 Å². The number of halogens is 1. The Labute approximate surface area is 125 Å². The number of carbonyl (C=O) groups is 1. The number of hydrogen-bond donors (Lipinski definition) is 2. The highest BCUT2D eigenvalue weighted by Crippen LogP contribution is 2.10. The van der Waals surface area contributed by atoms with E-state index in [0.717, 1.165) is 15.7 Å². The minimum absolute atomic E-state index is 0.243. The molecular formula is C15H14BrN3O. The normalized spacial score (nSPS) is 11.2. The van der Waals surface area contributed by atoms with Crippen molar-refractivity contribution >= 4 is 33.2 Å². The first kappa shape index (κ1) is 14.3. The minimum atomic E-state index is -0.243. The van der Waals surface area contributed by atoms with Crippen LogP contribution in [0.5, 0.6) is 0 Å². The van der Waals surface area contributed by atoms with E-state index in [9.17, 15) is 4.79 Å². The van der Waals surface area contributed by atoms with E-state index in [1.807, 2.05) is 31.2 Å². The summed E-state index contributed by atoms with van der Waals surface area (Å²) in [5, 5.41) is 4.09. The minimum Gasteiger partial charge on any atom is -0.399 e. The molecule has 0 aromatic heterocycles. The van der Waals surface area contributed by atoms with Crippen molar-refractivity contribution in [1.29, 1.82) is 0 Å². The number of benzene rings is 2. The molecule has 0 saturated carbocycles. The molecule has 0 heterocycles. The third-order valence-electron chi connectivity index (χ3n) is 2.76. The zero-order valence-corrected chi connectivity index (χ0v) is 12.5. The van der Waals surface area contributed by atoms with Gasteiger partial charge in [0.15, 0.2) is 0 Å². The van der Waals surface area contributed by atoms with Crippen molar-refractivity contribution in [3.05, 3.63) is 64.1 Å². The van der Waals surface area contributed by atoms with Crippen molar-refractivity contribution in [2.75, 3.05) is 5.73 Å². The van der Waals surface area contributed by atoms with Crippen LogP contribution in [0.15, 0.2) is 58.1 Å². The fraction of sp³-hybridized carbons (Fsp3) is 0.0667. The van der Waals surface area contributed by atoms with Crippen LogP contribution in [0, 0.1) is 0 Å². The molecule has 0 aliphatic carbocycles. The maximum absolute atomic E-state index is 11.9. The molecule has 0 fully saturated rings. The average molecular weight is 332 g/mol. The molecule has 3 N–H and O–H groups in total. The van der Waals surface area contributed by atoms with Crippen molar-refractivity contribution < 1.29 is 4.79 Å². The van der Waals surface area contributed by atoms with Gasteiger partial charge in [-0.3, -0.25) is 4.79 Å². The van der Waals surface area contributed by atoms with E-state index in [1.165, 1.54) is 0 Å². The first-order valence-electron chi connectivity index (χ1n) is 6.02. The molecule has 0 bridgehead atoms. The van der Waals surface area contributed by atoms with E-state index in [2.05, 4.69) is 26.5 Å². The number of nitrogen functional groups attached to an aromatic ring is 1. The second kappa shape index (κ2) is 6.34. The number of hydrogen-bond acceptors (Lipinski definition) is 3. The third-order valence-corrected chi connectivity index (χ3v) is 3.29. The Morgan fingerprint density at radius 1 is 1.05 bits per heavy atom. The SMILES string of the molecule is C/C(=N\NC(=O)c1ccc(Br)cc1)c1ccc(N)cc1. The van der Waals surface area contributed by atoms with E-state index >= 15 is 0 Å². The van der Waals surface area contributed by atoms with Gasteiger partial charge in [-0.05, 0) is 48.9 Å². The van der Waals surface area contributed by atoms with Gasteiger partial charge in [-0.15, -0.1) is 0 Å². The molecule has 2 rings (SSSR count). The molecule has 0 saturated heterocycles. The Bertz CT molecular complexity index is 633. The first-order chi connectivity index (χ1) is 9.56. The van der Waals surface area contributed by atoms with Gasteiger partial charge in [-0.25, -0.2) is 5.43 Å². The summed E-state index contributed by atoms with van der Waals surface area (Å²) in [5.74, 6) is -0.243. The lowest BCUT2D eigenvalue weighted by molar-refractivity contribution is 0.0955. The smallest absolute Gasteiger partial charge is 0.271 e. The molecule has 0 aliphatic rings. The summed E-state index contributed by atoms with van der Waals surface area (Å²) >= 11 is 3.32. The van der Waals surface area contributed by atoms with Crippen LogP contribution in [0.4, 0.5) is 5.69 Å². The molecule has 5 heteroatoms. The average Bonchev–Trinajstić information content (AvgIpc) is 2.46. The molecule has 0 unspecified atom stereocenters. The standard InChI is InChI=1S/C15H14BrN3O/c1-10(11-4-8-14(17)9-5-11)18-19-15(20)12-2-6-13(16)7-3-12/h2-9H,17H2,1H3,(H,19,20)/b18-10+. The van der Waals surface area contributed by atoms with Gasteiger partial charge in [-0.2, -0.15) is 5.10 Å². The zero-order valence-electron chi connectivity index (χ0n) is 10.9. The second-order valence-corrected chi connectivity index (χ2v) is 5.18. The van der Waals surface area contributed by atoms with Crippen LogP contribution < -0.4 is 11.2 Å². The van der Waals surface area contributed by atoms with E-state index < -0.39 is 0 Å². The summed E-state index contributed by atoms with van der Waals surface area (Å²) in [6, 6.07) is 14.4. The maximum Gasteiger partial charge on any atom is 0.271 e. The van der Waals surface area contributed by atoms with E-state index in [-0.39, 0.29) is 5.91 Å². The van der Waals surface area contributed by atoms with Crippen LogP contribution >= 0.6 is 15.9 Å². The Hall–Kier alpha value is -2.14. The predicted octanol–water partition coefficient (Wildman–Crippen LogP) is 3.19. The predicted molar refractivity (Wildman–Crippen MR) is 84.7 cm³/mol. The Morgan fingerprint density at radius 3 is 2.20 bits per heavy atom. The number of amides is 1. The zero-order chi connectivity index (χ0) is 14.5. The largest absolute Gasteiger partial charge is 0.399 e. The van der Waals surface area contributed by atoms with Crippen molar-refractivity contribution in [2.24, 2.45) is 5.10 Å². The molecule has 102 valence electrons. The van der Waals surface area contributed by atoms with Gasteiger partial charge < -0.3 is 5.73 Å². The van der Waals surface area contributed by atoms with Gasteiger partial charge in [0, 0.05) is 15.7 Å². The highest BCUT2D eigenvalue weighted by Gasteiger charge is 2.04. The monoisotopic (exact) mass is 331 g/mol. The summed E-state index contributed by atoms with van der Waals surface area (Å²) in [5.41, 5.74) is 11.0. The van der Waals surface area contributed by atoms with Crippen LogP contribution in [0.1, 0.15) is 22.8 Å². The number of nitrogens with two attached hydrogens (primary N) is 1. The lowest BCUT2D eigenvalue weighted by atomic mass is 10.1. The molecular weight excluding hydrogens is 318 g/mol. The summed E-state index contributed by atoms with van der Waals surface area (Å²) < 4.78 is 0.926. The fourth-order valence-electron chi connectivity index (χ4n) is 1.59. The lowest BCUT2D eigenvalue weighted by Gasteiger charge is -2.03.